The molecule has 3 aromatic rings. The Morgan fingerprint density at radius 1 is 0.731 bits per heavy atom. The van der Waals surface area contributed by atoms with Crippen molar-refractivity contribution < 1.29 is 10.2 Å². The predicted octanol–water partition coefficient (Wildman–Crippen LogP) is 5.18. The summed E-state index contributed by atoms with van der Waals surface area (Å²) in [5, 5.41) is 18.7. The second-order valence-corrected chi connectivity index (χ2v) is 6.21. The lowest BCUT2D eigenvalue weighted by atomic mass is 9.87. The smallest absolute Gasteiger partial charge is 0.115 e. The van der Waals surface area contributed by atoms with Crippen molar-refractivity contribution in [3.8, 4) is 11.5 Å². The van der Waals surface area contributed by atoms with E-state index < -0.39 is 0 Å². The second-order valence-electron chi connectivity index (χ2n) is 6.21. The summed E-state index contributed by atoms with van der Waals surface area (Å²) in [7, 11) is 0. The molecule has 0 heterocycles. The van der Waals surface area contributed by atoms with Crippen molar-refractivity contribution in [3.63, 3.8) is 0 Å². The predicted molar refractivity (Wildman–Crippen MR) is 107 cm³/mol. The number of nitrogens with two attached hydrogens (primary N) is 1. The summed E-state index contributed by atoms with van der Waals surface area (Å²) < 4.78 is 0. The molecule has 0 aliphatic heterocycles. The van der Waals surface area contributed by atoms with Crippen molar-refractivity contribution in [1.29, 1.82) is 0 Å². The van der Waals surface area contributed by atoms with Gasteiger partial charge in [-0.3, -0.25) is 0 Å². The van der Waals surface area contributed by atoms with E-state index in [-0.39, 0.29) is 0 Å². The van der Waals surface area contributed by atoms with E-state index in [1.54, 1.807) is 24.3 Å². The van der Waals surface area contributed by atoms with Crippen LogP contribution in [0, 0.1) is 0 Å². The molecule has 3 nitrogen and oxygen atoms in total. The van der Waals surface area contributed by atoms with Gasteiger partial charge in [0.1, 0.15) is 11.5 Å². The Morgan fingerprint density at radius 2 is 1.19 bits per heavy atom. The summed E-state index contributed by atoms with van der Waals surface area (Å²) in [6, 6.07) is 24.7. The maximum absolute atomic E-state index is 9.34. The largest absolute Gasteiger partial charge is 0.508 e. The highest BCUT2D eigenvalue weighted by Crippen LogP contribution is 2.31. The molecule has 0 fully saturated rings. The Morgan fingerprint density at radius 3 is 1.54 bits per heavy atom. The first-order valence-corrected chi connectivity index (χ1v) is 8.96. The van der Waals surface area contributed by atoms with Crippen LogP contribution in [0.3, 0.4) is 0 Å². The van der Waals surface area contributed by atoms with E-state index in [0.29, 0.717) is 24.0 Å². The van der Waals surface area contributed by atoms with Crippen molar-refractivity contribution in [2.24, 2.45) is 5.73 Å². The standard InChI is InChI=1S/C16H18O2.C7H9N/c1-2-3-16(12-4-8-14(17)9-5-12)13-6-10-15(18)11-7-13;8-6-7-4-2-1-3-5-7/h4-11,16-18H,2-3H2,1H3;1-5H,6,8H2. The molecule has 3 aromatic carbocycles. The molecule has 0 amide bonds. The molecule has 3 heteroatoms. The molecule has 0 saturated carbocycles. The van der Waals surface area contributed by atoms with E-state index in [9.17, 15) is 10.2 Å². The van der Waals surface area contributed by atoms with Gasteiger partial charge in [0.05, 0.1) is 0 Å². The lowest BCUT2D eigenvalue weighted by molar-refractivity contribution is 0.475. The van der Waals surface area contributed by atoms with Crippen molar-refractivity contribution in [2.75, 3.05) is 0 Å². The first kappa shape index (κ1) is 19.5. The van der Waals surface area contributed by atoms with E-state index in [2.05, 4.69) is 6.92 Å². The summed E-state index contributed by atoms with van der Waals surface area (Å²) in [5.74, 6) is 0.899. The van der Waals surface area contributed by atoms with Gasteiger partial charge in [-0.2, -0.15) is 0 Å². The van der Waals surface area contributed by atoms with Crippen LogP contribution in [-0.2, 0) is 6.54 Å². The third-order valence-corrected chi connectivity index (χ3v) is 4.25. The molecule has 0 aliphatic rings. The number of hydrogen-bond donors (Lipinski definition) is 3. The zero-order chi connectivity index (χ0) is 18.8. The van der Waals surface area contributed by atoms with Crippen LogP contribution >= 0.6 is 0 Å². The van der Waals surface area contributed by atoms with Crippen molar-refractivity contribution in [3.05, 3.63) is 95.6 Å². The zero-order valence-electron chi connectivity index (χ0n) is 15.2. The van der Waals surface area contributed by atoms with Gasteiger partial charge in [-0.05, 0) is 47.4 Å². The molecule has 0 spiro atoms. The van der Waals surface area contributed by atoms with Gasteiger partial charge in [0.2, 0.25) is 0 Å². The van der Waals surface area contributed by atoms with Gasteiger partial charge in [-0.15, -0.1) is 0 Å². The van der Waals surface area contributed by atoms with Crippen molar-refractivity contribution >= 4 is 0 Å². The highest BCUT2D eigenvalue weighted by atomic mass is 16.3. The number of hydrogen-bond acceptors (Lipinski definition) is 3. The first-order chi connectivity index (χ1) is 12.6. The number of phenols is 2. The summed E-state index contributed by atoms with van der Waals surface area (Å²) in [6.45, 7) is 2.80. The molecule has 3 rings (SSSR count). The Bertz CT molecular complexity index is 707. The topological polar surface area (TPSA) is 66.5 Å². The van der Waals surface area contributed by atoms with Gasteiger partial charge in [0.25, 0.3) is 0 Å². The molecular formula is C23H27NO2. The van der Waals surface area contributed by atoms with Crippen LogP contribution in [0.4, 0.5) is 0 Å². The third kappa shape index (κ3) is 5.94. The van der Waals surface area contributed by atoms with Gasteiger partial charge in [-0.1, -0.05) is 67.9 Å². The van der Waals surface area contributed by atoms with E-state index in [4.69, 9.17) is 5.73 Å². The SMILES string of the molecule is CCCC(c1ccc(O)cc1)c1ccc(O)cc1.NCc1ccccc1. The van der Waals surface area contributed by atoms with E-state index in [1.165, 1.54) is 16.7 Å². The summed E-state index contributed by atoms with van der Waals surface area (Å²) >= 11 is 0. The van der Waals surface area contributed by atoms with Crippen LogP contribution in [0.1, 0.15) is 42.4 Å². The van der Waals surface area contributed by atoms with Crippen LogP contribution in [0.25, 0.3) is 0 Å². The molecule has 4 N–H and O–H groups in total. The average Bonchev–Trinajstić information content (AvgIpc) is 2.69. The fraction of sp³-hybridized carbons (Fsp3) is 0.217. The molecule has 0 radical (unpaired) electrons. The van der Waals surface area contributed by atoms with Gasteiger partial charge in [-0.25, -0.2) is 0 Å². The Balaban J connectivity index is 0.000000254. The van der Waals surface area contributed by atoms with Crippen LogP contribution in [0.2, 0.25) is 0 Å². The monoisotopic (exact) mass is 349 g/mol. The maximum Gasteiger partial charge on any atom is 0.115 e. The fourth-order valence-electron chi connectivity index (χ4n) is 2.84. The number of phenolic OH excluding ortho intramolecular Hbond substituents is 2. The number of aromatic hydroxyl groups is 2. The van der Waals surface area contributed by atoms with Gasteiger partial charge >= 0.3 is 0 Å². The molecule has 0 unspecified atom stereocenters. The third-order valence-electron chi connectivity index (χ3n) is 4.25. The Hall–Kier alpha value is -2.78. The number of rotatable bonds is 5. The van der Waals surface area contributed by atoms with Crippen LogP contribution < -0.4 is 5.73 Å². The van der Waals surface area contributed by atoms with Gasteiger partial charge in [0.15, 0.2) is 0 Å². The molecule has 26 heavy (non-hydrogen) atoms. The number of benzene rings is 3. The minimum absolute atomic E-state index is 0.291. The zero-order valence-corrected chi connectivity index (χ0v) is 15.2. The van der Waals surface area contributed by atoms with Crippen LogP contribution in [0.5, 0.6) is 11.5 Å². The molecule has 0 atom stereocenters. The fourth-order valence-corrected chi connectivity index (χ4v) is 2.84. The maximum atomic E-state index is 9.34. The second kappa shape index (κ2) is 10.3. The van der Waals surface area contributed by atoms with E-state index in [1.807, 2.05) is 54.6 Å². The van der Waals surface area contributed by atoms with Crippen molar-refractivity contribution in [1.82, 2.24) is 0 Å². The van der Waals surface area contributed by atoms with Gasteiger partial charge < -0.3 is 15.9 Å². The highest BCUT2D eigenvalue weighted by molar-refractivity contribution is 5.37. The highest BCUT2D eigenvalue weighted by Gasteiger charge is 2.13. The minimum Gasteiger partial charge on any atom is -0.508 e. The van der Waals surface area contributed by atoms with E-state index in [0.717, 1.165) is 12.8 Å². The average molecular weight is 349 g/mol. The normalized spacial score (nSPS) is 10.3. The molecule has 0 bridgehead atoms. The van der Waals surface area contributed by atoms with Crippen LogP contribution in [0.15, 0.2) is 78.9 Å². The Labute approximate surface area is 155 Å². The minimum atomic E-state index is 0.291. The quantitative estimate of drug-likeness (QED) is 0.595. The first-order valence-electron chi connectivity index (χ1n) is 8.96. The van der Waals surface area contributed by atoms with E-state index >= 15 is 0 Å². The lowest BCUT2D eigenvalue weighted by Gasteiger charge is -2.17. The molecular weight excluding hydrogens is 322 g/mol. The molecule has 0 aromatic heterocycles. The van der Waals surface area contributed by atoms with Gasteiger partial charge in [0, 0.05) is 12.5 Å². The summed E-state index contributed by atoms with van der Waals surface area (Å²) in [5.41, 5.74) is 8.93. The summed E-state index contributed by atoms with van der Waals surface area (Å²) in [4.78, 5) is 0. The molecule has 0 aliphatic carbocycles. The lowest BCUT2D eigenvalue weighted by Crippen LogP contribution is -2.00. The Kier molecular flexibility index (Phi) is 7.72. The molecule has 0 saturated heterocycles. The molecule has 136 valence electrons. The van der Waals surface area contributed by atoms with Crippen molar-refractivity contribution in [2.45, 2.75) is 32.2 Å². The van der Waals surface area contributed by atoms with Crippen LogP contribution in [-0.4, -0.2) is 10.2 Å². The summed E-state index contributed by atoms with van der Waals surface area (Å²) in [6.07, 6.45) is 2.14.